The second kappa shape index (κ2) is 6.81. The lowest BCUT2D eigenvalue weighted by Crippen LogP contribution is -2.09. The highest BCUT2D eigenvalue weighted by Crippen LogP contribution is 2.33. The monoisotopic (exact) mass is 337 g/mol. The van der Waals surface area contributed by atoms with Gasteiger partial charge in [0.05, 0.1) is 6.61 Å². The number of ether oxygens (including phenoxy) is 1. The molecule has 0 aliphatic carbocycles. The Hall–Kier alpha value is -3.08. The van der Waals surface area contributed by atoms with Gasteiger partial charge in [0, 0.05) is 12.5 Å². The van der Waals surface area contributed by atoms with Crippen molar-refractivity contribution < 1.29 is 19.1 Å². The van der Waals surface area contributed by atoms with Crippen LogP contribution in [0.15, 0.2) is 52.6 Å². The maximum Gasteiger partial charge on any atom is 0.345 e. The van der Waals surface area contributed by atoms with Crippen LogP contribution in [-0.2, 0) is 9.53 Å². The molecule has 128 valence electrons. The highest BCUT2D eigenvalue weighted by Gasteiger charge is 2.26. The minimum atomic E-state index is -0.638. The summed E-state index contributed by atoms with van der Waals surface area (Å²) in [5, 5.41) is 12.2. The van der Waals surface area contributed by atoms with Gasteiger partial charge in [0.1, 0.15) is 17.0 Å². The van der Waals surface area contributed by atoms with Crippen molar-refractivity contribution in [3.05, 3.63) is 59.9 Å². The summed E-state index contributed by atoms with van der Waals surface area (Å²) in [6.45, 7) is 5.03. The topological polar surface area (TPSA) is 72.6 Å². The molecule has 0 aliphatic heterocycles. The first-order valence-corrected chi connectivity index (χ1v) is 8.05. The molecule has 0 atom stereocenters. The molecule has 3 rings (SSSR count). The molecule has 0 bridgehead atoms. The third kappa shape index (κ3) is 3.26. The van der Waals surface area contributed by atoms with Crippen LogP contribution in [-0.4, -0.2) is 22.7 Å². The van der Waals surface area contributed by atoms with E-state index in [0.29, 0.717) is 11.6 Å². The van der Waals surface area contributed by atoms with Crippen LogP contribution in [0.5, 0.6) is 0 Å². The third-order valence-corrected chi connectivity index (χ3v) is 3.83. The van der Waals surface area contributed by atoms with Gasteiger partial charge >= 0.3 is 5.97 Å². The zero-order valence-electron chi connectivity index (χ0n) is 14.4. The van der Waals surface area contributed by atoms with Crippen molar-refractivity contribution in [2.45, 2.75) is 20.8 Å². The molecule has 0 aliphatic rings. The third-order valence-electron chi connectivity index (χ3n) is 3.83. The number of aliphatic hydroxyl groups is 1. The first kappa shape index (κ1) is 16.8. The SMILES string of the molecule is CCOC(=O)/C(=C(\C)O)c1oc(C)nc1-c1ccc2ccccc2c1. The largest absolute Gasteiger partial charge is 0.512 e. The predicted octanol–water partition coefficient (Wildman–Crippen LogP) is 4.66. The van der Waals surface area contributed by atoms with Crippen LogP contribution in [0.2, 0.25) is 0 Å². The summed E-state index contributed by atoms with van der Waals surface area (Å²) < 4.78 is 10.7. The molecule has 0 fully saturated rings. The average Bonchev–Trinajstić information content (AvgIpc) is 2.95. The summed E-state index contributed by atoms with van der Waals surface area (Å²) >= 11 is 0. The van der Waals surface area contributed by atoms with Gasteiger partial charge in [-0.25, -0.2) is 9.78 Å². The van der Waals surface area contributed by atoms with E-state index >= 15 is 0 Å². The van der Waals surface area contributed by atoms with E-state index in [4.69, 9.17) is 9.15 Å². The minimum absolute atomic E-state index is 0.00870. The number of fused-ring (bicyclic) bond motifs is 1. The second-order valence-electron chi connectivity index (χ2n) is 5.65. The van der Waals surface area contributed by atoms with Gasteiger partial charge < -0.3 is 14.3 Å². The van der Waals surface area contributed by atoms with Gasteiger partial charge in [-0.3, -0.25) is 0 Å². The zero-order valence-corrected chi connectivity index (χ0v) is 14.4. The number of hydrogen-bond acceptors (Lipinski definition) is 5. The number of allylic oxidation sites excluding steroid dienone is 1. The number of oxazole rings is 1. The van der Waals surface area contributed by atoms with Gasteiger partial charge in [0.25, 0.3) is 0 Å². The fourth-order valence-electron chi connectivity index (χ4n) is 2.74. The molecule has 0 radical (unpaired) electrons. The summed E-state index contributed by atoms with van der Waals surface area (Å²) in [7, 11) is 0. The Labute approximate surface area is 145 Å². The number of aromatic nitrogens is 1. The van der Waals surface area contributed by atoms with Crippen LogP contribution in [0.3, 0.4) is 0 Å². The van der Waals surface area contributed by atoms with E-state index in [2.05, 4.69) is 4.98 Å². The van der Waals surface area contributed by atoms with Crippen LogP contribution in [0, 0.1) is 6.92 Å². The molecule has 5 nitrogen and oxygen atoms in total. The first-order valence-electron chi connectivity index (χ1n) is 8.05. The summed E-state index contributed by atoms with van der Waals surface area (Å²) in [5.74, 6) is -0.190. The Bertz CT molecular complexity index is 965. The van der Waals surface area contributed by atoms with Crippen molar-refractivity contribution in [2.24, 2.45) is 0 Å². The molecule has 0 spiro atoms. The van der Waals surface area contributed by atoms with Gasteiger partial charge in [-0.1, -0.05) is 36.4 Å². The van der Waals surface area contributed by atoms with Gasteiger partial charge in [0.15, 0.2) is 11.7 Å². The molecular formula is C20H19NO4. The average molecular weight is 337 g/mol. The Morgan fingerprint density at radius 2 is 1.92 bits per heavy atom. The van der Waals surface area contributed by atoms with E-state index in [1.54, 1.807) is 13.8 Å². The molecule has 1 N–H and O–H groups in total. The van der Waals surface area contributed by atoms with Gasteiger partial charge in [-0.05, 0) is 30.7 Å². The molecular weight excluding hydrogens is 318 g/mol. The maximum absolute atomic E-state index is 12.3. The number of esters is 1. The van der Waals surface area contributed by atoms with Crippen LogP contribution in [0.25, 0.3) is 27.6 Å². The van der Waals surface area contributed by atoms with Crippen molar-refractivity contribution in [3.63, 3.8) is 0 Å². The second-order valence-corrected chi connectivity index (χ2v) is 5.65. The van der Waals surface area contributed by atoms with Crippen molar-refractivity contribution in [3.8, 4) is 11.3 Å². The number of benzene rings is 2. The van der Waals surface area contributed by atoms with Crippen molar-refractivity contribution in [1.82, 2.24) is 4.98 Å². The van der Waals surface area contributed by atoms with Crippen LogP contribution < -0.4 is 0 Å². The molecule has 25 heavy (non-hydrogen) atoms. The lowest BCUT2D eigenvalue weighted by Gasteiger charge is -2.08. The summed E-state index contributed by atoms with van der Waals surface area (Å²) in [6, 6.07) is 13.8. The Morgan fingerprint density at radius 3 is 2.60 bits per heavy atom. The summed E-state index contributed by atoms with van der Waals surface area (Å²) in [4.78, 5) is 16.7. The minimum Gasteiger partial charge on any atom is -0.512 e. The standard InChI is InChI=1S/C20H19NO4/c1-4-24-20(23)17(12(2)22)19-18(21-13(3)25-19)16-10-9-14-7-5-6-8-15(14)11-16/h5-11,22H,4H2,1-3H3/b17-12+. The van der Waals surface area contributed by atoms with Crippen molar-refractivity contribution in [1.29, 1.82) is 0 Å². The van der Waals surface area contributed by atoms with E-state index < -0.39 is 5.97 Å². The molecule has 5 heteroatoms. The summed E-state index contributed by atoms with van der Waals surface area (Å²) in [6.07, 6.45) is 0. The Kier molecular flexibility index (Phi) is 4.57. The number of rotatable bonds is 4. The molecule has 0 saturated carbocycles. The number of hydrogen-bond donors (Lipinski definition) is 1. The summed E-state index contributed by atoms with van der Waals surface area (Å²) in [5.41, 5.74) is 1.29. The van der Waals surface area contributed by atoms with E-state index in [1.807, 2.05) is 42.5 Å². The maximum atomic E-state index is 12.3. The molecule has 0 unspecified atom stereocenters. The molecule has 0 amide bonds. The van der Waals surface area contributed by atoms with Crippen LogP contribution >= 0.6 is 0 Å². The number of carbonyl (C=O) groups is 1. The highest BCUT2D eigenvalue weighted by atomic mass is 16.5. The van der Waals surface area contributed by atoms with Crippen LogP contribution in [0.4, 0.5) is 0 Å². The highest BCUT2D eigenvalue weighted by molar-refractivity contribution is 6.17. The Balaban J connectivity index is 2.17. The normalized spacial score (nSPS) is 12.1. The number of carbonyl (C=O) groups excluding carboxylic acids is 1. The predicted molar refractivity (Wildman–Crippen MR) is 96.0 cm³/mol. The number of aryl methyl sites for hydroxylation is 1. The number of aliphatic hydroxyl groups excluding tert-OH is 1. The fourth-order valence-corrected chi connectivity index (χ4v) is 2.74. The quantitative estimate of drug-likeness (QED) is 0.426. The lowest BCUT2D eigenvalue weighted by atomic mass is 10.0. The first-order chi connectivity index (χ1) is 12.0. The molecule has 3 aromatic rings. The molecule has 2 aromatic carbocycles. The molecule has 1 aromatic heterocycles. The van der Waals surface area contributed by atoms with Gasteiger partial charge in [-0.2, -0.15) is 0 Å². The van der Waals surface area contributed by atoms with E-state index in [0.717, 1.165) is 16.3 Å². The van der Waals surface area contributed by atoms with Crippen molar-refractivity contribution >= 4 is 22.3 Å². The Morgan fingerprint density at radius 1 is 1.20 bits per heavy atom. The smallest absolute Gasteiger partial charge is 0.345 e. The van der Waals surface area contributed by atoms with E-state index in [1.165, 1.54) is 6.92 Å². The lowest BCUT2D eigenvalue weighted by molar-refractivity contribution is -0.136. The van der Waals surface area contributed by atoms with Gasteiger partial charge in [-0.15, -0.1) is 0 Å². The van der Waals surface area contributed by atoms with E-state index in [-0.39, 0.29) is 23.7 Å². The van der Waals surface area contributed by atoms with Crippen molar-refractivity contribution in [2.75, 3.05) is 6.61 Å². The fraction of sp³-hybridized carbons (Fsp3) is 0.200. The van der Waals surface area contributed by atoms with Crippen LogP contribution in [0.1, 0.15) is 25.5 Å². The molecule has 1 heterocycles. The number of nitrogens with zero attached hydrogens (tertiary/aromatic N) is 1. The van der Waals surface area contributed by atoms with E-state index in [9.17, 15) is 9.90 Å². The van der Waals surface area contributed by atoms with Gasteiger partial charge in [0.2, 0.25) is 0 Å². The zero-order chi connectivity index (χ0) is 18.0. The molecule has 0 saturated heterocycles.